The van der Waals surface area contributed by atoms with Gasteiger partial charge in [-0.25, -0.2) is 8.42 Å². The molecule has 0 aromatic heterocycles. The number of nitrogen functional groups attached to an aromatic ring is 1. The lowest BCUT2D eigenvalue weighted by Gasteiger charge is -2.09. The second-order valence-corrected chi connectivity index (χ2v) is 8.86. The van der Waals surface area contributed by atoms with Crippen LogP contribution in [0.3, 0.4) is 0 Å². The number of aliphatic imine (C=N–C) groups is 1. The molecule has 0 unspecified atom stereocenters. The summed E-state index contributed by atoms with van der Waals surface area (Å²) in [4.78, 5) is 4.78. The predicted molar refractivity (Wildman–Crippen MR) is 118 cm³/mol. The zero-order valence-electron chi connectivity index (χ0n) is 15.4. The van der Waals surface area contributed by atoms with Crippen LogP contribution in [0.2, 0.25) is 5.02 Å². The maximum Gasteiger partial charge on any atom is 0.261 e. The van der Waals surface area contributed by atoms with Gasteiger partial charge in [0.15, 0.2) is 0 Å². The van der Waals surface area contributed by atoms with Gasteiger partial charge < -0.3 is 11.1 Å². The van der Waals surface area contributed by atoms with Crippen LogP contribution in [0.15, 0.2) is 76.6 Å². The Balaban J connectivity index is 1.42. The van der Waals surface area contributed by atoms with E-state index in [0.29, 0.717) is 22.9 Å². The van der Waals surface area contributed by atoms with Gasteiger partial charge in [-0.3, -0.25) is 9.71 Å². The van der Waals surface area contributed by atoms with E-state index < -0.39 is 10.0 Å². The van der Waals surface area contributed by atoms with E-state index in [2.05, 4.69) is 15.0 Å². The van der Waals surface area contributed by atoms with Crippen LogP contribution in [0.1, 0.15) is 11.1 Å². The number of halogens is 1. The first-order chi connectivity index (χ1) is 13.9. The molecule has 0 saturated carbocycles. The van der Waals surface area contributed by atoms with Gasteiger partial charge in [0.05, 0.1) is 11.4 Å². The molecule has 0 aliphatic carbocycles. The third kappa shape index (κ3) is 4.52. The predicted octanol–water partition coefficient (Wildman–Crippen LogP) is 4.29. The molecule has 0 bridgehead atoms. The molecule has 0 amide bonds. The minimum absolute atomic E-state index is 0.186. The fraction of sp³-hybridized carbons (Fsp3) is 0.0952. The van der Waals surface area contributed by atoms with Crippen molar-refractivity contribution in [3.05, 3.63) is 82.9 Å². The van der Waals surface area contributed by atoms with Crippen molar-refractivity contribution in [1.29, 1.82) is 0 Å². The van der Waals surface area contributed by atoms with Crippen LogP contribution in [0.5, 0.6) is 0 Å². The van der Waals surface area contributed by atoms with E-state index in [0.717, 1.165) is 29.1 Å². The van der Waals surface area contributed by atoms with Crippen molar-refractivity contribution >= 4 is 44.5 Å². The molecule has 29 heavy (non-hydrogen) atoms. The first-order valence-corrected chi connectivity index (χ1v) is 10.8. The van der Waals surface area contributed by atoms with E-state index in [1.54, 1.807) is 48.5 Å². The Morgan fingerprint density at radius 2 is 1.76 bits per heavy atom. The average Bonchev–Trinajstić information content (AvgIpc) is 3.10. The molecule has 4 N–H and O–H groups in total. The molecule has 0 atom stereocenters. The summed E-state index contributed by atoms with van der Waals surface area (Å²) in [6.07, 6.45) is 0.729. The summed E-state index contributed by atoms with van der Waals surface area (Å²) in [7, 11) is -3.67. The third-order valence-corrected chi connectivity index (χ3v) is 6.20. The van der Waals surface area contributed by atoms with Crippen LogP contribution in [0, 0.1) is 0 Å². The number of hydrogen-bond donors (Lipinski definition) is 3. The molecular formula is C21H19ClN4O2S. The number of rotatable bonds is 5. The van der Waals surface area contributed by atoms with E-state index in [1.807, 2.05) is 18.2 Å². The second-order valence-electron chi connectivity index (χ2n) is 6.74. The fourth-order valence-corrected chi connectivity index (χ4v) is 4.22. The molecule has 3 aromatic rings. The number of nitrogens with zero attached hydrogens (tertiary/aromatic N) is 1. The number of benzene rings is 3. The standard InChI is InChI=1S/C21H19ClN4O2S/c22-16-4-7-18(8-5-16)26-29(27,28)19-9-1-14(2-10-19)13-24-21-11-15-3-6-17(23)12-20(15)25-21/h1-10,12,26H,11,13,23H2,(H,24,25). The van der Waals surface area contributed by atoms with Crippen molar-refractivity contribution in [2.75, 3.05) is 15.8 Å². The molecule has 1 aliphatic rings. The first kappa shape index (κ1) is 19.3. The van der Waals surface area contributed by atoms with Crippen molar-refractivity contribution in [2.45, 2.75) is 17.9 Å². The van der Waals surface area contributed by atoms with Gasteiger partial charge in [-0.1, -0.05) is 29.8 Å². The van der Waals surface area contributed by atoms with E-state index in [9.17, 15) is 8.42 Å². The zero-order chi connectivity index (χ0) is 20.4. The Labute approximate surface area is 174 Å². The van der Waals surface area contributed by atoms with Gasteiger partial charge in [0.25, 0.3) is 10.0 Å². The van der Waals surface area contributed by atoms with Gasteiger partial charge in [-0.15, -0.1) is 0 Å². The van der Waals surface area contributed by atoms with Crippen LogP contribution in [0.4, 0.5) is 17.1 Å². The van der Waals surface area contributed by atoms with Crippen LogP contribution < -0.4 is 15.8 Å². The summed E-state index contributed by atoms with van der Waals surface area (Å²) >= 11 is 5.83. The van der Waals surface area contributed by atoms with Crippen molar-refractivity contribution in [3.63, 3.8) is 0 Å². The number of fused-ring (bicyclic) bond motifs is 1. The number of nitrogens with one attached hydrogen (secondary N) is 2. The maximum absolute atomic E-state index is 12.5. The summed E-state index contributed by atoms with van der Waals surface area (Å²) in [5.74, 6) is 0.867. The lowest BCUT2D eigenvalue weighted by molar-refractivity contribution is 0.601. The highest BCUT2D eigenvalue weighted by molar-refractivity contribution is 7.92. The Morgan fingerprint density at radius 3 is 2.48 bits per heavy atom. The molecule has 1 aliphatic heterocycles. The molecule has 0 saturated heterocycles. The Bertz CT molecular complexity index is 1170. The number of hydrogen-bond acceptors (Lipinski definition) is 4. The van der Waals surface area contributed by atoms with Gasteiger partial charge in [0, 0.05) is 28.5 Å². The topological polar surface area (TPSA) is 96.6 Å². The van der Waals surface area contributed by atoms with Gasteiger partial charge in [0.1, 0.15) is 5.84 Å². The maximum atomic E-state index is 12.5. The van der Waals surface area contributed by atoms with Gasteiger partial charge >= 0.3 is 0 Å². The molecule has 0 fully saturated rings. The normalized spacial score (nSPS) is 14.4. The van der Waals surface area contributed by atoms with E-state index in [-0.39, 0.29) is 4.90 Å². The van der Waals surface area contributed by atoms with Crippen LogP contribution in [0.25, 0.3) is 0 Å². The van der Waals surface area contributed by atoms with E-state index in [1.165, 1.54) is 0 Å². The number of sulfonamides is 1. The molecule has 8 heteroatoms. The SMILES string of the molecule is Nc1ccc2c(c1)NC(=NCc1ccc(S(=O)(=O)Nc3ccc(Cl)cc3)cc1)C2. The largest absolute Gasteiger partial charge is 0.399 e. The molecule has 148 valence electrons. The Morgan fingerprint density at radius 1 is 1.03 bits per heavy atom. The molecule has 1 heterocycles. The molecule has 0 spiro atoms. The van der Waals surface area contributed by atoms with Crippen LogP contribution in [-0.4, -0.2) is 14.3 Å². The monoisotopic (exact) mass is 426 g/mol. The Kier molecular flexibility index (Phi) is 5.17. The van der Waals surface area contributed by atoms with Crippen molar-refractivity contribution in [1.82, 2.24) is 0 Å². The quantitative estimate of drug-likeness (QED) is 0.530. The second kappa shape index (κ2) is 7.77. The summed E-state index contributed by atoms with van der Waals surface area (Å²) in [5, 5.41) is 3.81. The third-order valence-electron chi connectivity index (χ3n) is 4.55. The van der Waals surface area contributed by atoms with Crippen molar-refractivity contribution in [3.8, 4) is 0 Å². The molecular weight excluding hydrogens is 408 g/mol. The number of amidine groups is 1. The van der Waals surface area contributed by atoms with Gasteiger partial charge in [0.2, 0.25) is 0 Å². The highest BCUT2D eigenvalue weighted by atomic mass is 35.5. The lowest BCUT2D eigenvalue weighted by atomic mass is 10.1. The zero-order valence-corrected chi connectivity index (χ0v) is 17.0. The van der Waals surface area contributed by atoms with E-state index in [4.69, 9.17) is 17.3 Å². The summed E-state index contributed by atoms with van der Waals surface area (Å²) in [6.45, 7) is 0.455. The van der Waals surface area contributed by atoms with E-state index >= 15 is 0 Å². The lowest BCUT2D eigenvalue weighted by Crippen LogP contribution is -2.12. The fourth-order valence-electron chi connectivity index (χ4n) is 3.03. The Hall–Kier alpha value is -3.03. The summed E-state index contributed by atoms with van der Waals surface area (Å²) in [5.41, 5.74) is 10.0. The van der Waals surface area contributed by atoms with Crippen molar-refractivity contribution < 1.29 is 8.42 Å². The minimum atomic E-state index is -3.67. The molecule has 4 rings (SSSR count). The minimum Gasteiger partial charge on any atom is -0.399 e. The summed E-state index contributed by atoms with van der Waals surface area (Å²) in [6, 6.07) is 18.9. The first-order valence-electron chi connectivity index (χ1n) is 8.95. The van der Waals surface area contributed by atoms with Crippen LogP contribution >= 0.6 is 11.6 Å². The van der Waals surface area contributed by atoms with Crippen LogP contribution in [-0.2, 0) is 23.0 Å². The average molecular weight is 427 g/mol. The highest BCUT2D eigenvalue weighted by Gasteiger charge is 2.16. The number of anilines is 3. The smallest absolute Gasteiger partial charge is 0.261 e. The van der Waals surface area contributed by atoms with Gasteiger partial charge in [-0.05, 0) is 59.7 Å². The van der Waals surface area contributed by atoms with Crippen molar-refractivity contribution in [2.24, 2.45) is 4.99 Å². The summed E-state index contributed by atoms with van der Waals surface area (Å²) < 4.78 is 27.6. The molecule has 0 radical (unpaired) electrons. The van der Waals surface area contributed by atoms with Gasteiger partial charge in [-0.2, -0.15) is 0 Å². The molecule has 3 aromatic carbocycles. The highest BCUT2D eigenvalue weighted by Crippen LogP contribution is 2.26. The molecule has 6 nitrogen and oxygen atoms in total. The number of nitrogens with two attached hydrogens (primary N) is 1.